The Labute approximate surface area is 603 Å². The van der Waals surface area contributed by atoms with Crippen LogP contribution in [0.5, 0.6) is 46.0 Å². The van der Waals surface area contributed by atoms with E-state index in [0.29, 0.717) is 24.3 Å². The van der Waals surface area contributed by atoms with Crippen molar-refractivity contribution in [2.75, 3.05) is 39.5 Å². The molecule has 0 radical (unpaired) electrons. The zero-order chi connectivity index (χ0) is 73.3. The minimum Gasteiger partial charge on any atom is -0.464 e. The zero-order valence-electron chi connectivity index (χ0n) is 55.9. The van der Waals surface area contributed by atoms with Gasteiger partial charge in [0.1, 0.15) is 71.3 Å². The van der Waals surface area contributed by atoms with E-state index in [0.717, 1.165) is 9.80 Å². The standard InChI is InChI=1S/C82H56N8O16/c1-85-49-17-25-53(26-18-49)105-65-37-59-69-57(77(93)89(79(59)95)61(33-45-9-5-3-6-10-45)81(97)99-31-29-67(91)87-41-55-43-101-55)35-63(103-51-21-13-47(39-83)14-22-51)71-72-64(104-52-23-15-48(40-84)16-24-52)36-58-70-60(38-66(74(76(70)72)73(65)75(69)71)106-54-27-19-50(86-2)20-28-54)80(96)90(78(58)94)62(34-46-11-7-4-8-12-46)82(98)100-32-30-68(92)88-42-56-44-102-56/h3-28,35-38,55-56,61-62H,29-34,41-44H2,(H,87,91)(H,88,92). The van der Waals surface area contributed by atoms with Crippen LogP contribution in [0.15, 0.2) is 182 Å². The molecule has 2 N–H and O–H groups in total. The molecule has 106 heavy (non-hydrogen) atoms. The van der Waals surface area contributed by atoms with E-state index in [9.17, 15) is 29.7 Å². The number of rotatable bonds is 26. The summed E-state index contributed by atoms with van der Waals surface area (Å²) in [5, 5.41) is 25.8. The summed E-state index contributed by atoms with van der Waals surface area (Å²) in [7, 11) is 0. The molecule has 0 saturated carbocycles. The van der Waals surface area contributed by atoms with E-state index in [2.05, 4.69) is 32.5 Å². The molecular weight excluding hydrogens is 1350 g/mol. The molecule has 4 heterocycles. The largest absolute Gasteiger partial charge is 0.464 e. The molecule has 24 heteroatoms. The molecule has 520 valence electrons. The molecule has 0 aliphatic carbocycles. The van der Waals surface area contributed by atoms with Crippen LogP contribution in [0.1, 0.15) is 76.5 Å². The summed E-state index contributed by atoms with van der Waals surface area (Å²) in [4.78, 5) is 130. The smallest absolute Gasteiger partial charge is 0.329 e. The van der Waals surface area contributed by atoms with Crippen LogP contribution in [0.3, 0.4) is 0 Å². The molecule has 11 aromatic rings. The van der Waals surface area contributed by atoms with Gasteiger partial charge in [-0.15, -0.1) is 0 Å². The number of nitriles is 2. The third kappa shape index (κ3) is 13.5. The van der Waals surface area contributed by atoms with E-state index < -0.39 is 72.7 Å². The van der Waals surface area contributed by atoms with Gasteiger partial charge >= 0.3 is 11.9 Å². The lowest BCUT2D eigenvalue weighted by atomic mass is 9.80. The van der Waals surface area contributed by atoms with Crippen LogP contribution in [0.2, 0.25) is 0 Å². The Morgan fingerprint density at radius 1 is 0.443 bits per heavy atom. The van der Waals surface area contributed by atoms with E-state index in [1.54, 1.807) is 60.7 Å². The van der Waals surface area contributed by atoms with E-state index in [-0.39, 0.29) is 185 Å². The monoisotopic (exact) mass is 1410 g/mol. The average molecular weight is 1410 g/mol. The summed E-state index contributed by atoms with van der Waals surface area (Å²) in [6, 6.07) is 47.7. The molecule has 15 rings (SSSR count). The number of epoxide rings is 2. The van der Waals surface area contributed by atoms with Crippen LogP contribution < -0.4 is 29.6 Å². The SMILES string of the molecule is [C-]#[N+]c1ccc(Oc2cc3c4c(cc(Oc5ccc(C#N)cc5)c5c6c(Oc7ccc(C#N)cc7)cc7c8c(cc(Oc9ccc([N+]#[C-])cc9)c(c2c45)c86)C(=O)N(C(Cc2ccccc2)C(=O)OCCC(=O)NCC2CO2)C7=O)C(=O)N(C(Cc2ccccc2)C(=O)OCCC(=O)NCC2CO2)C3=O)cc1. The molecule has 4 aliphatic rings. The number of hydrogen-bond acceptors (Lipinski definition) is 18. The Bertz CT molecular complexity index is 5030. The van der Waals surface area contributed by atoms with Crippen molar-refractivity contribution in [3.05, 3.63) is 249 Å². The van der Waals surface area contributed by atoms with Crippen LogP contribution in [-0.4, -0.2) is 121 Å². The van der Waals surface area contributed by atoms with Gasteiger partial charge in [0, 0.05) is 69.0 Å². The van der Waals surface area contributed by atoms with Gasteiger partial charge in [-0.1, -0.05) is 84.9 Å². The molecule has 6 amide bonds. The highest BCUT2D eigenvalue weighted by Gasteiger charge is 2.47. The molecule has 4 atom stereocenters. The maximum atomic E-state index is 16.3. The number of carbonyl (C=O) groups is 8. The first-order valence-corrected chi connectivity index (χ1v) is 33.6. The molecule has 0 bridgehead atoms. The molecule has 0 spiro atoms. The Morgan fingerprint density at radius 2 is 0.745 bits per heavy atom. The maximum Gasteiger partial charge on any atom is 0.329 e. The number of hydrogen-bond donors (Lipinski definition) is 2. The van der Waals surface area contributed by atoms with Gasteiger partial charge < -0.3 is 48.5 Å². The number of nitrogens with one attached hydrogen (secondary N) is 2. The number of esters is 2. The third-order valence-electron chi connectivity index (χ3n) is 18.5. The lowest BCUT2D eigenvalue weighted by Crippen LogP contribution is -2.52. The van der Waals surface area contributed by atoms with Crippen molar-refractivity contribution in [3.63, 3.8) is 0 Å². The van der Waals surface area contributed by atoms with Gasteiger partial charge in [-0.05, 0) is 108 Å². The predicted octanol–water partition coefficient (Wildman–Crippen LogP) is 13.1. The first kappa shape index (κ1) is 67.8. The van der Waals surface area contributed by atoms with E-state index >= 15 is 19.2 Å². The Hall–Kier alpha value is -14.0. The van der Waals surface area contributed by atoms with Crippen LogP contribution in [-0.2, 0) is 51.0 Å². The van der Waals surface area contributed by atoms with Crippen molar-refractivity contribution >= 4 is 102 Å². The molecule has 24 nitrogen and oxygen atoms in total. The normalized spacial score (nSPS) is 15.2. The number of imide groups is 2. The Kier molecular flexibility index (Phi) is 18.4. The van der Waals surface area contributed by atoms with Gasteiger partial charge in [0.2, 0.25) is 11.8 Å². The predicted molar refractivity (Wildman–Crippen MR) is 381 cm³/mol. The first-order valence-electron chi connectivity index (χ1n) is 33.6. The number of benzene rings is 11. The highest BCUT2D eigenvalue weighted by molar-refractivity contribution is 6.45. The lowest BCUT2D eigenvalue weighted by Gasteiger charge is -2.35. The number of ether oxygens (including phenoxy) is 8. The zero-order valence-corrected chi connectivity index (χ0v) is 55.9. The summed E-state index contributed by atoms with van der Waals surface area (Å²) in [6.07, 6.45) is -1.33. The van der Waals surface area contributed by atoms with Crippen molar-refractivity contribution in [1.82, 2.24) is 20.4 Å². The molecule has 2 saturated heterocycles. The molecule has 0 aromatic heterocycles. The molecular formula is C82H56N8O16. The molecule has 11 aromatic carbocycles. The van der Waals surface area contributed by atoms with Gasteiger partial charge in [0.15, 0.2) is 11.4 Å². The fourth-order valence-corrected chi connectivity index (χ4v) is 13.2. The van der Waals surface area contributed by atoms with Crippen LogP contribution in [0.25, 0.3) is 52.8 Å². The number of fused-ring (bicyclic) bond motifs is 2. The molecule has 4 aliphatic heterocycles. The third-order valence-corrected chi connectivity index (χ3v) is 18.5. The number of carbonyl (C=O) groups excluding carboxylic acids is 8. The quantitative estimate of drug-likeness (QED) is 0.0127. The van der Waals surface area contributed by atoms with E-state index in [4.69, 9.17) is 51.0 Å². The second-order valence-electron chi connectivity index (χ2n) is 25.3. The van der Waals surface area contributed by atoms with Crippen LogP contribution >= 0.6 is 0 Å². The molecule has 4 unspecified atom stereocenters. The number of amides is 6. The summed E-state index contributed by atoms with van der Waals surface area (Å²) < 4.78 is 50.3. The lowest BCUT2D eigenvalue weighted by molar-refractivity contribution is -0.150. The minimum absolute atomic E-state index is 0.0204. The molecule has 2 fully saturated rings. The fraction of sp³-hybridized carbons (Fsp3) is 0.171. The maximum absolute atomic E-state index is 16.3. The first-order chi connectivity index (χ1) is 51.6. The van der Waals surface area contributed by atoms with Gasteiger partial charge in [0.05, 0.1) is 96.9 Å². The summed E-state index contributed by atoms with van der Waals surface area (Å²) in [5.41, 5.74) is 1.21. The average Bonchev–Trinajstić information content (AvgIpc) is 0.692. The van der Waals surface area contributed by atoms with Crippen LogP contribution in [0.4, 0.5) is 11.4 Å². The van der Waals surface area contributed by atoms with Crippen molar-refractivity contribution in [1.29, 1.82) is 10.5 Å². The fourth-order valence-electron chi connectivity index (χ4n) is 13.2. The van der Waals surface area contributed by atoms with Gasteiger partial charge in [0.25, 0.3) is 23.6 Å². The van der Waals surface area contributed by atoms with Gasteiger partial charge in [-0.3, -0.25) is 38.6 Å². The highest BCUT2D eigenvalue weighted by atomic mass is 16.6. The summed E-state index contributed by atoms with van der Waals surface area (Å²) in [5.74, 6) is -7.09. The Morgan fingerprint density at radius 3 is 1.03 bits per heavy atom. The summed E-state index contributed by atoms with van der Waals surface area (Å²) >= 11 is 0. The van der Waals surface area contributed by atoms with E-state index in [1.165, 1.54) is 121 Å². The van der Waals surface area contributed by atoms with Crippen molar-refractivity contribution in [3.8, 4) is 58.1 Å². The Balaban J connectivity index is 1.02. The van der Waals surface area contributed by atoms with Gasteiger partial charge in [-0.25, -0.2) is 19.3 Å². The number of nitrogens with zero attached hydrogens (tertiary/aromatic N) is 6. The van der Waals surface area contributed by atoms with E-state index in [1.807, 2.05) is 0 Å². The van der Waals surface area contributed by atoms with Crippen LogP contribution in [0, 0.1) is 35.8 Å². The topological polar surface area (TPSA) is 304 Å². The van der Waals surface area contributed by atoms with Crippen molar-refractivity contribution in [2.45, 2.75) is 50.0 Å². The van der Waals surface area contributed by atoms with Crippen molar-refractivity contribution < 1.29 is 76.3 Å². The second kappa shape index (κ2) is 28.8. The minimum atomic E-state index is -1.70. The van der Waals surface area contributed by atoms with Gasteiger partial charge in [-0.2, -0.15) is 10.5 Å². The summed E-state index contributed by atoms with van der Waals surface area (Å²) in [6.45, 7) is 16.3. The van der Waals surface area contributed by atoms with Crippen molar-refractivity contribution in [2.24, 2.45) is 0 Å². The second-order valence-corrected chi connectivity index (χ2v) is 25.3. The highest BCUT2D eigenvalue weighted by Crippen LogP contribution is 2.58.